The van der Waals surface area contributed by atoms with Crippen molar-refractivity contribution < 1.29 is 19.4 Å². The van der Waals surface area contributed by atoms with Crippen LogP contribution in [0.25, 0.3) is 11.1 Å². The highest BCUT2D eigenvalue weighted by Crippen LogP contribution is 2.34. The molecule has 1 aromatic heterocycles. The van der Waals surface area contributed by atoms with Crippen LogP contribution in [0.2, 0.25) is 5.02 Å². The van der Waals surface area contributed by atoms with Gasteiger partial charge in [-0.15, -0.1) is 0 Å². The molecule has 1 aromatic carbocycles. The molecular weight excluding hydrogens is 396 g/mol. The Morgan fingerprint density at radius 1 is 1.38 bits per heavy atom. The van der Waals surface area contributed by atoms with Crippen molar-refractivity contribution in [2.75, 3.05) is 20.3 Å². The molecular formula is C21H21ClN2O5. The van der Waals surface area contributed by atoms with Crippen LogP contribution in [0.5, 0.6) is 5.75 Å². The fourth-order valence-electron chi connectivity index (χ4n) is 3.61. The summed E-state index contributed by atoms with van der Waals surface area (Å²) in [4.78, 5) is 24.8. The van der Waals surface area contributed by atoms with E-state index in [1.165, 1.54) is 23.9 Å². The number of benzene rings is 1. The molecule has 152 valence electrons. The number of carboxylic acids is 1. The number of nitriles is 1. The zero-order chi connectivity index (χ0) is 21.0. The fraction of sp³-hybridized carbons (Fsp3) is 0.381. The molecule has 1 unspecified atom stereocenters. The zero-order valence-corrected chi connectivity index (χ0v) is 16.7. The molecule has 8 heteroatoms. The molecule has 2 heterocycles. The van der Waals surface area contributed by atoms with Crippen molar-refractivity contribution in [3.05, 3.63) is 51.4 Å². The SMILES string of the molecule is COc1cn(C(CC2CCOCC2)C(=O)O)c(=O)cc1-c1cc(Cl)ccc1C#N. The Hall–Kier alpha value is -2.82. The highest BCUT2D eigenvalue weighted by atomic mass is 35.5. The Bertz CT molecular complexity index is 1010. The summed E-state index contributed by atoms with van der Waals surface area (Å²) in [5.74, 6) is -0.615. The smallest absolute Gasteiger partial charge is 0.326 e. The summed E-state index contributed by atoms with van der Waals surface area (Å²) in [6, 6.07) is 7.09. The number of methoxy groups -OCH3 is 1. The molecule has 0 amide bonds. The number of hydrogen-bond acceptors (Lipinski definition) is 5. The van der Waals surface area contributed by atoms with Gasteiger partial charge in [0.05, 0.1) is 24.9 Å². The zero-order valence-electron chi connectivity index (χ0n) is 15.9. The van der Waals surface area contributed by atoms with Crippen molar-refractivity contribution in [3.8, 4) is 22.9 Å². The van der Waals surface area contributed by atoms with Gasteiger partial charge in [-0.1, -0.05) is 11.6 Å². The lowest BCUT2D eigenvalue weighted by atomic mass is 9.92. The Labute approximate surface area is 173 Å². The van der Waals surface area contributed by atoms with Gasteiger partial charge in [-0.3, -0.25) is 9.36 Å². The summed E-state index contributed by atoms with van der Waals surface area (Å²) in [5.41, 5.74) is 0.700. The van der Waals surface area contributed by atoms with Crippen LogP contribution >= 0.6 is 11.6 Å². The number of halogens is 1. The van der Waals surface area contributed by atoms with E-state index in [1.807, 2.05) is 0 Å². The highest BCUT2D eigenvalue weighted by Gasteiger charge is 2.27. The van der Waals surface area contributed by atoms with Crippen molar-refractivity contribution in [2.24, 2.45) is 5.92 Å². The number of rotatable bonds is 6. The van der Waals surface area contributed by atoms with Crippen LogP contribution in [0.4, 0.5) is 0 Å². The molecule has 0 saturated carbocycles. The Morgan fingerprint density at radius 2 is 2.10 bits per heavy atom. The van der Waals surface area contributed by atoms with Gasteiger partial charge in [0.15, 0.2) is 0 Å². The molecule has 2 aromatic rings. The quantitative estimate of drug-likeness (QED) is 0.773. The lowest BCUT2D eigenvalue weighted by Gasteiger charge is -2.26. The van der Waals surface area contributed by atoms with Crippen LogP contribution in [0.15, 0.2) is 35.3 Å². The monoisotopic (exact) mass is 416 g/mol. The number of pyridine rings is 1. The van der Waals surface area contributed by atoms with Crippen LogP contribution in [0, 0.1) is 17.2 Å². The number of ether oxygens (including phenoxy) is 2. The first-order valence-electron chi connectivity index (χ1n) is 9.25. The second kappa shape index (κ2) is 9.12. The molecule has 1 aliphatic heterocycles. The van der Waals surface area contributed by atoms with E-state index in [-0.39, 0.29) is 5.92 Å². The summed E-state index contributed by atoms with van der Waals surface area (Å²) in [6.45, 7) is 1.19. The van der Waals surface area contributed by atoms with Crippen molar-refractivity contribution >= 4 is 17.6 Å². The van der Waals surface area contributed by atoms with Gasteiger partial charge in [0, 0.05) is 35.4 Å². The van der Waals surface area contributed by atoms with Gasteiger partial charge in [0.25, 0.3) is 5.56 Å². The Balaban J connectivity index is 2.06. The summed E-state index contributed by atoms with van der Waals surface area (Å²) >= 11 is 6.07. The minimum Gasteiger partial charge on any atom is -0.495 e. The number of hydrogen-bond donors (Lipinski definition) is 1. The van der Waals surface area contributed by atoms with E-state index in [0.717, 1.165) is 12.8 Å². The third kappa shape index (κ3) is 4.61. The molecule has 1 atom stereocenters. The van der Waals surface area contributed by atoms with Gasteiger partial charge >= 0.3 is 5.97 Å². The number of carboxylic acid groups (broad SMARTS) is 1. The van der Waals surface area contributed by atoms with Gasteiger partial charge in [-0.2, -0.15) is 5.26 Å². The topological polar surface area (TPSA) is 102 Å². The lowest BCUT2D eigenvalue weighted by Crippen LogP contribution is -2.32. The molecule has 1 N–H and O–H groups in total. The fourth-order valence-corrected chi connectivity index (χ4v) is 3.79. The largest absolute Gasteiger partial charge is 0.495 e. The maximum absolute atomic E-state index is 12.9. The number of carbonyl (C=O) groups is 1. The standard InChI is InChI=1S/C21H21ClN2O5/c1-28-19-12-24(18(21(26)27)8-13-4-6-29-7-5-13)20(25)10-17(19)16-9-15(22)3-2-14(16)11-23/h2-3,9-10,12-13,18H,4-8H2,1H3,(H,26,27). The average Bonchev–Trinajstić information content (AvgIpc) is 2.72. The molecule has 0 spiro atoms. The first-order chi connectivity index (χ1) is 13.9. The summed E-state index contributed by atoms with van der Waals surface area (Å²) < 4.78 is 12.0. The Kier molecular flexibility index (Phi) is 6.57. The molecule has 0 aliphatic carbocycles. The van der Waals surface area contributed by atoms with Gasteiger partial charge in [0.1, 0.15) is 11.8 Å². The third-order valence-electron chi connectivity index (χ3n) is 5.17. The third-order valence-corrected chi connectivity index (χ3v) is 5.41. The van der Waals surface area contributed by atoms with E-state index in [2.05, 4.69) is 6.07 Å². The van der Waals surface area contributed by atoms with Crippen LogP contribution < -0.4 is 10.3 Å². The molecule has 3 rings (SSSR count). The second-order valence-electron chi connectivity index (χ2n) is 6.95. The minimum absolute atomic E-state index is 0.167. The number of aliphatic carboxylic acids is 1. The van der Waals surface area contributed by atoms with Crippen molar-refractivity contribution in [2.45, 2.75) is 25.3 Å². The predicted octanol–water partition coefficient (Wildman–Crippen LogP) is 3.49. The van der Waals surface area contributed by atoms with Crippen LogP contribution in [-0.2, 0) is 9.53 Å². The van der Waals surface area contributed by atoms with Gasteiger partial charge in [0.2, 0.25) is 0 Å². The maximum Gasteiger partial charge on any atom is 0.326 e. The van der Waals surface area contributed by atoms with E-state index in [1.54, 1.807) is 18.2 Å². The summed E-state index contributed by atoms with van der Waals surface area (Å²) in [7, 11) is 1.43. The number of nitrogens with zero attached hydrogens (tertiary/aromatic N) is 2. The number of aromatic nitrogens is 1. The van der Waals surface area contributed by atoms with E-state index in [0.29, 0.717) is 47.1 Å². The summed E-state index contributed by atoms with van der Waals surface area (Å²) in [6.07, 6.45) is 3.27. The second-order valence-corrected chi connectivity index (χ2v) is 7.38. The molecule has 1 aliphatic rings. The first kappa shape index (κ1) is 20.9. The van der Waals surface area contributed by atoms with Gasteiger partial charge in [-0.05, 0) is 43.4 Å². The molecule has 0 bridgehead atoms. The van der Waals surface area contributed by atoms with Crippen molar-refractivity contribution in [3.63, 3.8) is 0 Å². The van der Waals surface area contributed by atoms with Gasteiger partial charge < -0.3 is 14.6 Å². The Morgan fingerprint density at radius 3 is 2.72 bits per heavy atom. The van der Waals surface area contributed by atoms with Gasteiger partial charge in [-0.25, -0.2) is 4.79 Å². The normalized spacial score (nSPS) is 15.5. The van der Waals surface area contributed by atoms with Crippen LogP contribution in [0.3, 0.4) is 0 Å². The first-order valence-corrected chi connectivity index (χ1v) is 9.63. The predicted molar refractivity (Wildman–Crippen MR) is 107 cm³/mol. The molecule has 7 nitrogen and oxygen atoms in total. The lowest BCUT2D eigenvalue weighted by molar-refractivity contribution is -0.141. The van der Waals surface area contributed by atoms with Crippen LogP contribution in [-0.4, -0.2) is 36.0 Å². The van der Waals surface area contributed by atoms with Crippen molar-refractivity contribution in [1.29, 1.82) is 5.26 Å². The molecule has 0 radical (unpaired) electrons. The maximum atomic E-state index is 12.9. The molecule has 1 saturated heterocycles. The molecule has 1 fully saturated rings. The average molecular weight is 417 g/mol. The highest BCUT2D eigenvalue weighted by molar-refractivity contribution is 6.31. The van der Waals surface area contributed by atoms with E-state index < -0.39 is 17.6 Å². The van der Waals surface area contributed by atoms with E-state index in [9.17, 15) is 20.0 Å². The molecule has 29 heavy (non-hydrogen) atoms. The van der Waals surface area contributed by atoms with E-state index in [4.69, 9.17) is 21.1 Å². The minimum atomic E-state index is -1.08. The van der Waals surface area contributed by atoms with Crippen LogP contribution in [0.1, 0.15) is 30.9 Å². The van der Waals surface area contributed by atoms with Crippen molar-refractivity contribution in [1.82, 2.24) is 4.57 Å². The summed E-state index contributed by atoms with van der Waals surface area (Å²) in [5, 5.41) is 19.6. The van der Waals surface area contributed by atoms with E-state index >= 15 is 0 Å².